The predicted octanol–water partition coefficient (Wildman–Crippen LogP) is 1.36. The van der Waals surface area contributed by atoms with Gasteiger partial charge in [-0.05, 0) is 12.1 Å². The molecule has 3 nitrogen and oxygen atoms in total. The summed E-state index contributed by atoms with van der Waals surface area (Å²) in [6.07, 6.45) is 1.54. The SMILES string of the molecule is C=C[C@@H](N)COC(=O)c1ccccc1. The number of hydrogen-bond acceptors (Lipinski definition) is 3. The molecule has 2 N–H and O–H groups in total. The molecule has 1 aromatic carbocycles. The number of carbonyl (C=O) groups is 1. The normalized spacial score (nSPS) is 11.8. The van der Waals surface area contributed by atoms with Gasteiger partial charge in [-0.2, -0.15) is 0 Å². The van der Waals surface area contributed by atoms with Crippen LogP contribution in [0.2, 0.25) is 0 Å². The second-order valence-corrected chi connectivity index (χ2v) is 2.86. The van der Waals surface area contributed by atoms with E-state index in [0.29, 0.717) is 5.56 Å². The molecule has 0 aliphatic heterocycles. The van der Waals surface area contributed by atoms with Crippen molar-refractivity contribution in [2.45, 2.75) is 6.04 Å². The largest absolute Gasteiger partial charge is 0.460 e. The van der Waals surface area contributed by atoms with E-state index in [1.807, 2.05) is 6.07 Å². The Morgan fingerprint density at radius 1 is 1.50 bits per heavy atom. The third-order valence-electron chi connectivity index (χ3n) is 1.72. The molecule has 0 aromatic heterocycles. The van der Waals surface area contributed by atoms with Crippen LogP contribution in [0, 0.1) is 0 Å². The maximum absolute atomic E-state index is 11.4. The highest BCUT2D eigenvalue weighted by Gasteiger charge is 2.06. The summed E-state index contributed by atoms with van der Waals surface area (Å²) < 4.78 is 4.95. The van der Waals surface area contributed by atoms with E-state index in [0.717, 1.165) is 0 Å². The number of esters is 1. The van der Waals surface area contributed by atoms with E-state index in [1.54, 1.807) is 24.3 Å². The molecule has 0 heterocycles. The van der Waals surface area contributed by atoms with Crippen LogP contribution in [0.4, 0.5) is 0 Å². The van der Waals surface area contributed by atoms with Crippen molar-refractivity contribution in [2.24, 2.45) is 5.73 Å². The average molecular weight is 191 g/mol. The zero-order valence-corrected chi connectivity index (χ0v) is 7.85. The van der Waals surface area contributed by atoms with Crippen LogP contribution in [0.1, 0.15) is 10.4 Å². The number of carbonyl (C=O) groups excluding carboxylic acids is 1. The van der Waals surface area contributed by atoms with Gasteiger partial charge in [0.1, 0.15) is 6.61 Å². The van der Waals surface area contributed by atoms with Gasteiger partial charge in [0.05, 0.1) is 11.6 Å². The molecule has 14 heavy (non-hydrogen) atoms. The van der Waals surface area contributed by atoms with Crippen molar-refractivity contribution in [2.75, 3.05) is 6.61 Å². The van der Waals surface area contributed by atoms with Crippen LogP contribution in [0.15, 0.2) is 43.0 Å². The van der Waals surface area contributed by atoms with Gasteiger partial charge >= 0.3 is 5.97 Å². The fourth-order valence-corrected chi connectivity index (χ4v) is 0.898. The third kappa shape index (κ3) is 3.03. The van der Waals surface area contributed by atoms with Crippen LogP contribution in [-0.4, -0.2) is 18.6 Å². The molecule has 0 amide bonds. The van der Waals surface area contributed by atoms with Gasteiger partial charge in [0, 0.05) is 0 Å². The molecular weight excluding hydrogens is 178 g/mol. The first-order valence-corrected chi connectivity index (χ1v) is 4.34. The van der Waals surface area contributed by atoms with E-state index >= 15 is 0 Å². The summed E-state index contributed by atoms with van der Waals surface area (Å²) in [7, 11) is 0. The minimum atomic E-state index is -0.358. The lowest BCUT2D eigenvalue weighted by molar-refractivity contribution is 0.0496. The van der Waals surface area contributed by atoms with Crippen molar-refractivity contribution in [1.29, 1.82) is 0 Å². The second kappa shape index (κ2) is 5.19. The summed E-state index contributed by atoms with van der Waals surface area (Å²) in [5.41, 5.74) is 6.04. The molecule has 1 aromatic rings. The third-order valence-corrected chi connectivity index (χ3v) is 1.72. The summed E-state index contributed by atoms with van der Waals surface area (Å²) in [5, 5.41) is 0. The molecule has 0 aliphatic carbocycles. The average Bonchev–Trinajstić information content (AvgIpc) is 2.26. The molecular formula is C11H13NO2. The minimum Gasteiger partial charge on any atom is -0.460 e. The van der Waals surface area contributed by atoms with Gasteiger partial charge in [0.2, 0.25) is 0 Å². The standard InChI is InChI=1S/C11H13NO2/c1-2-10(12)8-14-11(13)9-6-4-3-5-7-9/h2-7,10H,1,8,12H2/t10-/m1/s1. The van der Waals surface area contributed by atoms with Crippen molar-refractivity contribution in [3.8, 4) is 0 Å². The van der Waals surface area contributed by atoms with E-state index in [9.17, 15) is 4.79 Å². The molecule has 0 bridgehead atoms. The fraction of sp³-hybridized carbons (Fsp3) is 0.182. The van der Waals surface area contributed by atoms with Crippen LogP contribution in [-0.2, 0) is 4.74 Å². The van der Waals surface area contributed by atoms with E-state index in [-0.39, 0.29) is 18.6 Å². The summed E-state index contributed by atoms with van der Waals surface area (Å²) >= 11 is 0. The highest BCUT2D eigenvalue weighted by atomic mass is 16.5. The number of ether oxygens (including phenoxy) is 1. The Kier molecular flexibility index (Phi) is 3.88. The van der Waals surface area contributed by atoms with Gasteiger partial charge in [-0.25, -0.2) is 4.79 Å². The van der Waals surface area contributed by atoms with Crippen LogP contribution >= 0.6 is 0 Å². The highest BCUT2D eigenvalue weighted by molar-refractivity contribution is 5.89. The Hall–Kier alpha value is -1.61. The molecule has 0 unspecified atom stereocenters. The molecule has 0 fully saturated rings. The van der Waals surface area contributed by atoms with Crippen molar-refractivity contribution in [3.63, 3.8) is 0 Å². The lowest BCUT2D eigenvalue weighted by Crippen LogP contribution is -2.25. The molecule has 1 atom stereocenters. The quantitative estimate of drug-likeness (QED) is 0.577. The number of nitrogens with two attached hydrogens (primary N) is 1. The zero-order chi connectivity index (χ0) is 10.4. The maximum Gasteiger partial charge on any atom is 0.338 e. The summed E-state index contributed by atoms with van der Waals surface area (Å²) in [6, 6.07) is 8.49. The molecule has 0 spiro atoms. The van der Waals surface area contributed by atoms with Crippen molar-refractivity contribution in [3.05, 3.63) is 48.6 Å². The van der Waals surface area contributed by atoms with Crippen molar-refractivity contribution in [1.82, 2.24) is 0 Å². The molecule has 0 radical (unpaired) electrons. The van der Waals surface area contributed by atoms with Gasteiger partial charge in [0.15, 0.2) is 0 Å². The Morgan fingerprint density at radius 3 is 2.71 bits per heavy atom. The summed E-state index contributed by atoms with van der Waals surface area (Å²) in [6.45, 7) is 3.66. The van der Waals surface area contributed by atoms with Gasteiger partial charge in [-0.1, -0.05) is 24.3 Å². The Labute approximate surface area is 83.2 Å². The first kappa shape index (κ1) is 10.5. The number of benzene rings is 1. The van der Waals surface area contributed by atoms with Gasteiger partial charge < -0.3 is 10.5 Å². The second-order valence-electron chi connectivity index (χ2n) is 2.86. The maximum atomic E-state index is 11.4. The van der Waals surface area contributed by atoms with E-state index in [2.05, 4.69) is 6.58 Å². The minimum absolute atomic E-state index is 0.164. The Morgan fingerprint density at radius 2 is 2.14 bits per heavy atom. The first-order valence-electron chi connectivity index (χ1n) is 4.34. The molecule has 0 saturated heterocycles. The fourth-order valence-electron chi connectivity index (χ4n) is 0.898. The van der Waals surface area contributed by atoms with E-state index < -0.39 is 0 Å². The van der Waals surface area contributed by atoms with Crippen molar-refractivity contribution >= 4 is 5.97 Å². The molecule has 0 aliphatic rings. The molecule has 3 heteroatoms. The first-order chi connectivity index (χ1) is 6.74. The van der Waals surface area contributed by atoms with Gasteiger partial charge in [-0.15, -0.1) is 6.58 Å². The molecule has 0 saturated carbocycles. The smallest absolute Gasteiger partial charge is 0.338 e. The van der Waals surface area contributed by atoms with Crippen LogP contribution in [0.25, 0.3) is 0 Å². The molecule has 1 rings (SSSR count). The lowest BCUT2D eigenvalue weighted by Gasteiger charge is -2.07. The topological polar surface area (TPSA) is 52.3 Å². The van der Waals surface area contributed by atoms with Gasteiger partial charge in [-0.3, -0.25) is 0 Å². The number of hydrogen-bond donors (Lipinski definition) is 1. The van der Waals surface area contributed by atoms with Gasteiger partial charge in [0.25, 0.3) is 0 Å². The summed E-state index contributed by atoms with van der Waals surface area (Å²) in [5.74, 6) is -0.358. The predicted molar refractivity (Wildman–Crippen MR) is 54.9 cm³/mol. The molecule has 74 valence electrons. The Bertz CT molecular complexity index is 308. The summed E-state index contributed by atoms with van der Waals surface area (Å²) in [4.78, 5) is 11.4. The monoisotopic (exact) mass is 191 g/mol. The van der Waals surface area contributed by atoms with E-state index in [4.69, 9.17) is 10.5 Å². The lowest BCUT2D eigenvalue weighted by atomic mass is 10.2. The van der Waals surface area contributed by atoms with Crippen LogP contribution < -0.4 is 5.73 Å². The van der Waals surface area contributed by atoms with Crippen LogP contribution in [0.3, 0.4) is 0 Å². The zero-order valence-electron chi connectivity index (χ0n) is 7.85. The Balaban J connectivity index is 2.47. The number of rotatable bonds is 4. The highest BCUT2D eigenvalue weighted by Crippen LogP contribution is 2.01. The van der Waals surface area contributed by atoms with Crippen LogP contribution in [0.5, 0.6) is 0 Å². The van der Waals surface area contributed by atoms with E-state index in [1.165, 1.54) is 6.08 Å². The van der Waals surface area contributed by atoms with Crippen molar-refractivity contribution < 1.29 is 9.53 Å².